The molecule has 0 radical (unpaired) electrons. The van der Waals surface area contributed by atoms with Crippen LogP contribution in [-0.2, 0) is 11.2 Å². The van der Waals surface area contributed by atoms with Gasteiger partial charge in [-0.25, -0.2) is 0 Å². The lowest BCUT2D eigenvalue weighted by atomic mass is 10.3. The molecule has 14 heavy (non-hydrogen) atoms. The van der Waals surface area contributed by atoms with Crippen molar-refractivity contribution in [1.82, 2.24) is 15.5 Å². The zero-order chi connectivity index (χ0) is 10.4. The van der Waals surface area contributed by atoms with E-state index < -0.39 is 0 Å². The van der Waals surface area contributed by atoms with Crippen molar-refractivity contribution in [3.05, 3.63) is 12.2 Å². The molecule has 1 atom stereocenters. The molecule has 1 amide bonds. The number of hydrogen-bond acceptors (Lipinski definition) is 4. The van der Waals surface area contributed by atoms with Crippen molar-refractivity contribution in [3.8, 4) is 0 Å². The van der Waals surface area contributed by atoms with Crippen molar-refractivity contribution in [1.29, 1.82) is 0 Å². The molecule has 78 valence electrons. The highest BCUT2D eigenvalue weighted by molar-refractivity contribution is 9.10. The summed E-state index contributed by atoms with van der Waals surface area (Å²) in [6.07, 6.45) is 2.68. The number of carbonyl (C=O) groups excluding carboxylic acids is 1. The Bertz CT molecular complexity index is 276. The summed E-state index contributed by atoms with van der Waals surface area (Å²) >= 11 is 3.26. The second-order valence-corrected chi connectivity index (χ2v) is 3.86. The van der Waals surface area contributed by atoms with Crippen LogP contribution >= 0.6 is 15.9 Å². The van der Waals surface area contributed by atoms with Gasteiger partial charge in [-0.3, -0.25) is 4.79 Å². The summed E-state index contributed by atoms with van der Waals surface area (Å²) < 4.78 is 4.78. The fraction of sp³-hybridized carbons (Fsp3) is 0.625. The predicted molar refractivity (Wildman–Crippen MR) is 54.0 cm³/mol. The van der Waals surface area contributed by atoms with Crippen LogP contribution in [0.2, 0.25) is 0 Å². The molecule has 0 aliphatic carbocycles. The van der Waals surface area contributed by atoms with E-state index in [2.05, 4.69) is 31.4 Å². The molecule has 0 aliphatic heterocycles. The molecule has 5 nitrogen and oxygen atoms in total. The van der Waals surface area contributed by atoms with E-state index in [4.69, 9.17) is 4.52 Å². The molecule has 1 unspecified atom stereocenters. The number of halogens is 1. The maximum Gasteiger partial charge on any atom is 0.233 e. The lowest BCUT2D eigenvalue weighted by Gasteiger charge is -2.06. The van der Waals surface area contributed by atoms with Crippen molar-refractivity contribution in [2.24, 2.45) is 0 Å². The minimum atomic E-state index is -0.120. The Morgan fingerprint density at radius 1 is 1.79 bits per heavy atom. The van der Waals surface area contributed by atoms with Gasteiger partial charge in [0, 0.05) is 13.0 Å². The highest BCUT2D eigenvalue weighted by Crippen LogP contribution is 2.03. The SMILES string of the molecule is CCC(Br)C(=O)NCCc1ncno1. The molecule has 0 saturated heterocycles. The van der Waals surface area contributed by atoms with Crippen LogP contribution < -0.4 is 5.32 Å². The summed E-state index contributed by atoms with van der Waals surface area (Å²) in [6, 6.07) is 0. The quantitative estimate of drug-likeness (QED) is 0.800. The van der Waals surface area contributed by atoms with Crippen molar-refractivity contribution in [3.63, 3.8) is 0 Å². The van der Waals surface area contributed by atoms with E-state index in [-0.39, 0.29) is 10.7 Å². The summed E-state index contributed by atoms with van der Waals surface area (Å²) in [5.41, 5.74) is 0. The summed E-state index contributed by atoms with van der Waals surface area (Å²) in [4.78, 5) is 15.0. The minimum absolute atomic E-state index is 0.00739. The van der Waals surface area contributed by atoms with Crippen molar-refractivity contribution in [2.75, 3.05) is 6.54 Å². The highest BCUT2D eigenvalue weighted by Gasteiger charge is 2.11. The Kier molecular flexibility index (Phi) is 4.58. The zero-order valence-electron chi connectivity index (χ0n) is 7.86. The van der Waals surface area contributed by atoms with E-state index in [0.29, 0.717) is 18.9 Å². The number of aromatic nitrogens is 2. The Morgan fingerprint density at radius 2 is 2.57 bits per heavy atom. The van der Waals surface area contributed by atoms with Gasteiger partial charge < -0.3 is 9.84 Å². The number of rotatable bonds is 5. The maximum atomic E-state index is 11.3. The van der Waals surface area contributed by atoms with Gasteiger partial charge in [-0.1, -0.05) is 28.0 Å². The molecule has 6 heteroatoms. The maximum absolute atomic E-state index is 11.3. The van der Waals surface area contributed by atoms with Gasteiger partial charge in [0.25, 0.3) is 0 Å². The second-order valence-electron chi connectivity index (χ2n) is 2.75. The molecule has 1 N–H and O–H groups in total. The number of nitrogens with one attached hydrogen (secondary N) is 1. The molecular formula is C8H12BrN3O2. The smallest absolute Gasteiger partial charge is 0.233 e. The first-order valence-electron chi connectivity index (χ1n) is 4.41. The standard InChI is InChI=1S/C8H12BrN3O2/c1-2-6(9)8(13)10-4-3-7-11-5-12-14-7/h5-6H,2-4H2,1H3,(H,10,13). The summed E-state index contributed by atoms with van der Waals surface area (Å²) in [7, 11) is 0. The lowest BCUT2D eigenvalue weighted by Crippen LogP contribution is -2.32. The number of carbonyl (C=O) groups is 1. The Morgan fingerprint density at radius 3 is 3.14 bits per heavy atom. The molecule has 1 rings (SSSR count). The van der Waals surface area contributed by atoms with Crippen LogP contribution in [-0.4, -0.2) is 27.4 Å². The largest absolute Gasteiger partial charge is 0.355 e. The van der Waals surface area contributed by atoms with Crippen LogP contribution in [0.15, 0.2) is 10.9 Å². The fourth-order valence-corrected chi connectivity index (χ4v) is 1.06. The molecule has 0 spiro atoms. The third-order valence-corrected chi connectivity index (χ3v) is 2.75. The van der Waals surface area contributed by atoms with Gasteiger partial charge in [0.1, 0.15) is 0 Å². The average Bonchev–Trinajstić information content (AvgIpc) is 2.69. The second kappa shape index (κ2) is 5.74. The van der Waals surface area contributed by atoms with Crippen molar-refractivity contribution in [2.45, 2.75) is 24.6 Å². The zero-order valence-corrected chi connectivity index (χ0v) is 9.45. The van der Waals surface area contributed by atoms with Crippen LogP contribution in [0.1, 0.15) is 19.2 Å². The van der Waals surface area contributed by atoms with E-state index in [1.54, 1.807) is 0 Å². The lowest BCUT2D eigenvalue weighted by molar-refractivity contribution is -0.120. The van der Waals surface area contributed by atoms with E-state index in [9.17, 15) is 4.79 Å². The van der Waals surface area contributed by atoms with Gasteiger partial charge in [0.2, 0.25) is 11.8 Å². The third-order valence-electron chi connectivity index (χ3n) is 1.69. The summed E-state index contributed by atoms with van der Waals surface area (Å²) in [5, 5.41) is 6.22. The van der Waals surface area contributed by atoms with Crippen molar-refractivity contribution >= 4 is 21.8 Å². The molecule has 0 bridgehead atoms. The van der Waals surface area contributed by atoms with Crippen LogP contribution in [0.3, 0.4) is 0 Å². The Hall–Kier alpha value is -0.910. The molecule has 0 aromatic carbocycles. The highest BCUT2D eigenvalue weighted by atomic mass is 79.9. The first-order valence-corrected chi connectivity index (χ1v) is 5.33. The van der Waals surface area contributed by atoms with E-state index in [1.165, 1.54) is 6.33 Å². The average molecular weight is 262 g/mol. The Balaban J connectivity index is 2.18. The van der Waals surface area contributed by atoms with Gasteiger partial charge in [0.05, 0.1) is 4.83 Å². The van der Waals surface area contributed by atoms with Gasteiger partial charge in [-0.15, -0.1) is 0 Å². The molecule has 0 saturated carbocycles. The van der Waals surface area contributed by atoms with Gasteiger partial charge in [-0.2, -0.15) is 4.98 Å². The fourth-order valence-electron chi connectivity index (χ4n) is 0.895. The minimum Gasteiger partial charge on any atom is -0.355 e. The van der Waals surface area contributed by atoms with E-state index >= 15 is 0 Å². The molecule has 1 heterocycles. The van der Waals surface area contributed by atoms with Crippen LogP contribution in [0.5, 0.6) is 0 Å². The van der Waals surface area contributed by atoms with Crippen LogP contribution in [0.25, 0.3) is 0 Å². The van der Waals surface area contributed by atoms with Crippen molar-refractivity contribution < 1.29 is 9.32 Å². The predicted octanol–water partition coefficient (Wildman–Crippen LogP) is 0.902. The first-order chi connectivity index (χ1) is 6.74. The Labute approximate surface area is 90.4 Å². The molecule has 0 aliphatic rings. The topological polar surface area (TPSA) is 68.0 Å². The van der Waals surface area contributed by atoms with Crippen LogP contribution in [0.4, 0.5) is 0 Å². The van der Waals surface area contributed by atoms with Gasteiger partial charge >= 0.3 is 0 Å². The summed E-state index contributed by atoms with van der Waals surface area (Å²) in [5.74, 6) is 0.528. The molecular weight excluding hydrogens is 250 g/mol. The van der Waals surface area contributed by atoms with Gasteiger partial charge in [-0.05, 0) is 6.42 Å². The van der Waals surface area contributed by atoms with Gasteiger partial charge in [0.15, 0.2) is 6.33 Å². The van der Waals surface area contributed by atoms with Crippen LogP contribution in [0, 0.1) is 0 Å². The normalized spacial score (nSPS) is 12.4. The third kappa shape index (κ3) is 3.45. The number of alkyl halides is 1. The summed E-state index contributed by atoms with van der Waals surface area (Å²) in [6.45, 7) is 2.46. The van der Waals surface area contributed by atoms with E-state index in [0.717, 1.165) is 6.42 Å². The number of amides is 1. The molecule has 1 aromatic heterocycles. The number of nitrogens with zero attached hydrogens (tertiary/aromatic N) is 2. The number of hydrogen-bond donors (Lipinski definition) is 1. The molecule has 0 fully saturated rings. The van der Waals surface area contributed by atoms with E-state index in [1.807, 2.05) is 6.92 Å². The first kappa shape index (κ1) is 11.2. The monoisotopic (exact) mass is 261 g/mol. The molecule has 1 aromatic rings.